The van der Waals surface area contributed by atoms with Crippen molar-refractivity contribution in [2.45, 2.75) is 96.8 Å². The molecule has 0 bridgehead atoms. The van der Waals surface area contributed by atoms with E-state index in [9.17, 15) is 10.2 Å². The molecule has 5 nitrogen and oxygen atoms in total. The summed E-state index contributed by atoms with van der Waals surface area (Å²) in [5, 5.41) is 34.9. The van der Waals surface area contributed by atoms with Gasteiger partial charge in [0.25, 0.3) is 0 Å². The zero-order chi connectivity index (χ0) is 21.8. The summed E-state index contributed by atoms with van der Waals surface area (Å²) < 4.78 is 1.75. The fraction of sp³-hybridized carbons (Fsp3) is 0.846. The Labute approximate surface area is 186 Å². The minimum atomic E-state index is -0.410. The third kappa shape index (κ3) is 3.45. The molecule has 1 heterocycles. The van der Waals surface area contributed by atoms with Crippen LogP contribution in [0.25, 0.3) is 0 Å². The average Bonchev–Trinajstić information content (AvgIpc) is 3.20. The number of aliphatic hydroxyl groups excluding tert-OH is 2. The number of nitriles is 1. The number of fused-ring (bicyclic) bond motifs is 5. The first-order valence-corrected chi connectivity index (χ1v) is 12.6. The normalized spacial score (nSPS) is 45.6. The molecule has 5 rings (SSSR count). The zero-order valence-electron chi connectivity index (χ0n) is 19.2. The number of aliphatic hydroxyl groups is 2. The van der Waals surface area contributed by atoms with Crippen LogP contribution in [0.4, 0.5) is 0 Å². The van der Waals surface area contributed by atoms with E-state index < -0.39 is 6.10 Å². The number of hydrogen-bond donors (Lipinski definition) is 2. The highest BCUT2D eigenvalue weighted by atomic mass is 16.3. The number of aromatic nitrogens is 2. The maximum absolute atomic E-state index is 11.3. The zero-order valence-corrected chi connectivity index (χ0v) is 19.2. The molecule has 0 aliphatic heterocycles. The maximum Gasteiger partial charge on any atom is 0.162 e. The Bertz CT molecular complexity index is 846. The largest absolute Gasteiger partial charge is 0.393 e. The molecule has 170 valence electrons. The minimum Gasteiger partial charge on any atom is -0.393 e. The minimum absolute atomic E-state index is 0.0819. The van der Waals surface area contributed by atoms with Crippen LogP contribution < -0.4 is 0 Å². The van der Waals surface area contributed by atoms with Crippen LogP contribution in [0.5, 0.6) is 0 Å². The maximum atomic E-state index is 11.3. The first-order chi connectivity index (χ1) is 14.8. The van der Waals surface area contributed by atoms with Crippen molar-refractivity contribution in [1.29, 1.82) is 5.26 Å². The summed E-state index contributed by atoms with van der Waals surface area (Å²) in [6.07, 6.45) is 13.2. The highest BCUT2D eigenvalue weighted by Gasteiger charge is 2.59. The SMILES string of the molecule is C[C@]12CC[C@@H](O)C[C@@H]1CC[C@@H]1[C@@H]2CC[C@]2(C)[C@@H](C(O)Cn3ccc(C#N)n3)CCC[C@@H]12. The first kappa shape index (κ1) is 21.5. The first-order valence-electron chi connectivity index (χ1n) is 12.6. The van der Waals surface area contributed by atoms with Crippen molar-refractivity contribution in [2.24, 2.45) is 40.4 Å². The fourth-order valence-electron chi connectivity index (χ4n) is 8.95. The summed E-state index contributed by atoms with van der Waals surface area (Å²) in [6, 6.07) is 3.81. The summed E-state index contributed by atoms with van der Waals surface area (Å²) in [4.78, 5) is 0. The average molecular weight is 426 g/mol. The quantitative estimate of drug-likeness (QED) is 0.746. The van der Waals surface area contributed by atoms with Crippen molar-refractivity contribution in [3.8, 4) is 6.07 Å². The number of rotatable bonds is 3. The van der Waals surface area contributed by atoms with Gasteiger partial charge in [0.05, 0.1) is 18.8 Å². The molecular formula is C26H39N3O2. The van der Waals surface area contributed by atoms with Crippen LogP contribution in [0.15, 0.2) is 12.3 Å². The van der Waals surface area contributed by atoms with Crippen molar-refractivity contribution < 1.29 is 10.2 Å². The van der Waals surface area contributed by atoms with E-state index in [0.29, 0.717) is 35.4 Å². The molecule has 9 atom stereocenters. The molecule has 4 aliphatic rings. The highest BCUT2D eigenvalue weighted by Crippen LogP contribution is 2.66. The predicted octanol–water partition coefficient (Wildman–Crippen LogP) is 4.53. The van der Waals surface area contributed by atoms with Gasteiger partial charge < -0.3 is 10.2 Å². The molecular weight excluding hydrogens is 386 g/mol. The fourth-order valence-corrected chi connectivity index (χ4v) is 8.95. The lowest BCUT2D eigenvalue weighted by Gasteiger charge is -2.64. The molecule has 5 heteroatoms. The molecule has 2 N–H and O–H groups in total. The van der Waals surface area contributed by atoms with Crippen LogP contribution in [0.1, 0.15) is 83.7 Å². The van der Waals surface area contributed by atoms with E-state index in [2.05, 4.69) is 25.0 Å². The van der Waals surface area contributed by atoms with Crippen molar-refractivity contribution in [3.05, 3.63) is 18.0 Å². The summed E-state index contributed by atoms with van der Waals surface area (Å²) >= 11 is 0. The summed E-state index contributed by atoms with van der Waals surface area (Å²) in [5.74, 6) is 3.27. The van der Waals surface area contributed by atoms with Crippen LogP contribution in [0.2, 0.25) is 0 Å². The van der Waals surface area contributed by atoms with E-state index in [1.807, 2.05) is 6.20 Å². The molecule has 0 spiro atoms. The monoisotopic (exact) mass is 425 g/mol. The molecule has 4 aliphatic carbocycles. The van der Waals surface area contributed by atoms with Gasteiger partial charge in [0.15, 0.2) is 5.69 Å². The van der Waals surface area contributed by atoms with Gasteiger partial charge in [-0.25, -0.2) is 0 Å². The van der Waals surface area contributed by atoms with Gasteiger partial charge in [-0.05, 0) is 104 Å². The summed E-state index contributed by atoms with van der Waals surface area (Å²) in [7, 11) is 0. The van der Waals surface area contributed by atoms with Gasteiger partial charge in [-0.15, -0.1) is 0 Å². The molecule has 0 saturated heterocycles. The smallest absolute Gasteiger partial charge is 0.162 e. The van der Waals surface area contributed by atoms with Gasteiger partial charge >= 0.3 is 0 Å². The number of nitrogens with zero attached hydrogens (tertiary/aromatic N) is 3. The Morgan fingerprint density at radius 2 is 1.90 bits per heavy atom. The molecule has 0 aromatic carbocycles. The lowest BCUT2D eigenvalue weighted by atomic mass is 9.41. The molecule has 31 heavy (non-hydrogen) atoms. The molecule has 0 amide bonds. The van der Waals surface area contributed by atoms with Gasteiger partial charge in [-0.2, -0.15) is 10.4 Å². The van der Waals surface area contributed by atoms with Crippen molar-refractivity contribution in [1.82, 2.24) is 9.78 Å². The van der Waals surface area contributed by atoms with E-state index in [0.717, 1.165) is 31.1 Å². The van der Waals surface area contributed by atoms with E-state index >= 15 is 0 Å². The molecule has 4 saturated carbocycles. The standard InChI is InChI=1S/C26H39N3O2/c1-25-11-8-19(30)14-17(25)6-7-20-21-4-3-5-23(26(21,2)12-9-22(20)25)24(31)16-29-13-10-18(15-27)28-29/h10,13,17,19-24,30-31H,3-9,11-12,14,16H2,1-2H3/t17-,19+,20-,21-,22-,23+,24?,25-,26-/m0/s1. The second-order valence-electron chi connectivity index (χ2n) is 11.8. The van der Waals surface area contributed by atoms with E-state index in [1.165, 1.54) is 44.9 Å². The van der Waals surface area contributed by atoms with Crippen LogP contribution in [-0.4, -0.2) is 32.2 Å². The molecule has 4 fully saturated rings. The van der Waals surface area contributed by atoms with Gasteiger partial charge in [0, 0.05) is 6.20 Å². The second-order valence-corrected chi connectivity index (χ2v) is 11.8. The predicted molar refractivity (Wildman–Crippen MR) is 119 cm³/mol. The topological polar surface area (TPSA) is 82.1 Å². The molecule has 0 radical (unpaired) electrons. The molecule has 1 aromatic heterocycles. The lowest BCUT2D eigenvalue weighted by molar-refractivity contribution is -0.165. The summed E-state index contributed by atoms with van der Waals surface area (Å²) in [6.45, 7) is 5.51. The summed E-state index contributed by atoms with van der Waals surface area (Å²) in [5.41, 5.74) is 1.02. The third-order valence-electron chi connectivity index (χ3n) is 10.5. The van der Waals surface area contributed by atoms with Crippen LogP contribution in [0, 0.1) is 51.8 Å². The van der Waals surface area contributed by atoms with E-state index in [-0.39, 0.29) is 11.5 Å². The Morgan fingerprint density at radius 3 is 2.68 bits per heavy atom. The lowest BCUT2D eigenvalue weighted by Crippen LogP contribution is -2.58. The van der Waals surface area contributed by atoms with Gasteiger partial charge in [0.2, 0.25) is 0 Å². The Morgan fingerprint density at radius 1 is 1.13 bits per heavy atom. The third-order valence-corrected chi connectivity index (χ3v) is 10.5. The van der Waals surface area contributed by atoms with Gasteiger partial charge in [-0.1, -0.05) is 20.3 Å². The van der Waals surface area contributed by atoms with E-state index in [4.69, 9.17) is 5.26 Å². The van der Waals surface area contributed by atoms with Crippen LogP contribution in [-0.2, 0) is 6.54 Å². The Hall–Kier alpha value is -1.38. The Kier molecular flexibility index (Phi) is 5.46. The Balaban J connectivity index is 1.36. The molecule has 1 unspecified atom stereocenters. The highest BCUT2D eigenvalue weighted by molar-refractivity contribution is 5.16. The van der Waals surface area contributed by atoms with Crippen molar-refractivity contribution in [2.75, 3.05) is 0 Å². The van der Waals surface area contributed by atoms with Gasteiger partial charge in [-0.3, -0.25) is 4.68 Å². The molecule has 1 aromatic rings. The van der Waals surface area contributed by atoms with Crippen molar-refractivity contribution >= 4 is 0 Å². The van der Waals surface area contributed by atoms with Gasteiger partial charge in [0.1, 0.15) is 6.07 Å². The van der Waals surface area contributed by atoms with E-state index in [1.54, 1.807) is 10.7 Å². The number of hydrogen-bond acceptors (Lipinski definition) is 4. The van der Waals surface area contributed by atoms with Crippen LogP contribution in [0.3, 0.4) is 0 Å². The van der Waals surface area contributed by atoms with Crippen molar-refractivity contribution in [3.63, 3.8) is 0 Å². The van der Waals surface area contributed by atoms with Crippen LogP contribution >= 0.6 is 0 Å². The second kappa shape index (κ2) is 7.89.